The van der Waals surface area contributed by atoms with E-state index < -0.39 is 6.36 Å². The van der Waals surface area contributed by atoms with Crippen LogP contribution < -0.4 is 4.74 Å². The van der Waals surface area contributed by atoms with Gasteiger partial charge in [-0.1, -0.05) is 68.7 Å². The molecule has 31 heavy (non-hydrogen) atoms. The summed E-state index contributed by atoms with van der Waals surface area (Å²) in [7, 11) is 0. The van der Waals surface area contributed by atoms with Crippen LogP contribution in [0.5, 0.6) is 5.75 Å². The number of halogens is 3. The van der Waals surface area contributed by atoms with Gasteiger partial charge in [-0.3, -0.25) is 0 Å². The van der Waals surface area contributed by atoms with Gasteiger partial charge < -0.3 is 4.74 Å². The van der Waals surface area contributed by atoms with Crippen molar-refractivity contribution in [2.24, 2.45) is 5.92 Å². The molecule has 0 amide bonds. The number of fused-ring (bicyclic) bond motifs is 1. The molecular weight excluding hydrogens is 397 g/mol. The van der Waals surface area contributed by atoms with Gasteiger partial charge in [0.05, 0.1) is 0 Å². The summed E-state index contributed by atoms with van der Waals surface area (Å²) in [6.45, 7) is 2.27. The molecule has 0 saturated heterocycles. The number of unbranched alkanes of at least 4 members (excludes halogenated alkanes) is 1. The maximum atomic E-state index is 12.4. The van der Waals surface area contributed by atoms with Crippen molar-refractivity contribution in [1.82, 2.24) is 0 Å². The molecule has 3 aromatic rings. The summed E-state index contributed by atoms with van der Waals surface area (Å²) in [6.07, 6.45) is 4.61. The van der Waals surface area contributed by atoms with Crippen molar-refractivity contribution >= 4 is 10.8 Å². The summed E-state index contributed by atoms with van der Waals surface area (Å²) in [4.78, 5) is 0. The van der Waals surface area contributed by atoms with Crippen LogP contribution in [0.25, 0.3) is 21.9 Å². The Morgan fingerprint density at radius 2 is 1.45 bits per heavy atom. The van der Waals surface area contributed by atoms with Crippen LogP contribution in [0.15, 0.2) is 60.7 Å². The summed E-state index contributed by atoms with van der Waals surface area (Å²) in [5.74, 6) is 1.38. The van der Waals surface area contributed by atoms with Gasteiger partial charge in [0.2, 0.25) is 0 Å². The number of hydrogen-bond acceptors (Lipinski definition) is 1. The summed E-state index contributed by atoms with van der Waals surface area (Å²) < 4.78 is 41.3. The fourth-order valence-corrected chi connectivity index (χ4v) is 4.83. The lowest BCUT2D eigenvalue weighted by molar-refractivity contribution is -0.274. The van der Waals surface area contributed by atoms with Gasteiger partial charge in [0.25, 0.3) is 0 Å². The van der Waals surface area contributed by atoms with Crippen molar-refractivity contribution < 1.29 is 17.9 Å². The number of hydrogen-bond donors (Lipinski definition) is 0. The average molecular weight is 427 g/mol. The summed E-state index contributed by atoms with van der Waals surface area (Å²) in [5.41, 5.74) is 3.61. The first-order chi connectivity index (χ1) is 14.9. The molecule has 0 N–H and O–H groups in total. The first-order valence-corrected chi connectivity index (χ1v) is 11.3. The Bertz CT molecular complexity index is 999. The third kappa shape index (κ3) is 5.61. The quantitative estimate of drug-likeness (QED) is 0.382. The summed E-state index contributed by atoms with van der Waals surface area (Å²) in [5, 5.41) is 1.61. The van der Waals surface area contributed by atoms with E-state index in [0.717, 1.165) is 27.8 Å². The minimum atomic E-state index is -4.68. The molecule has 1 nitrogen and oxygen atoms in total. The van der Waals surface area contributed by atoms with Crippen LogP contribution >= 0.6 is 0 Å². The van der Waals surface area contributed by atoms with Gasteiger partial charge in [0.15, 0.2) is 0 Å². The Hall–Kier alpha value is -2.49. The zero-order valence-corrected chi connectivity index (χ0v) is 17.9. The van der Waals surface area contributed by atoms with Crippen molar-refractivity contribution in [3.05, 3.63) is 66.2 Å². The van der Waals surface area contributed by atoms with E-state index in [9.17, 15) is 13.2 Å². The molecule has 1 saturated carbocycles. The van der Waals surface area contributed by atoms with Crippen molar-refractivity contribution in [3.8, 4) is 16.9 Å². The Kier molecular flexibility index (Phi) is 6.54. The summed E-state index contributed by atoms with van der Waals surface area (Å²) >= 11 is 0. The monoisotopic (exact) mass is 426 g/mol. The van der Waals surface area contributed by atoms with Crippen LogP contribution in [0.4, 0.5) is 13.2 Å². The third-order valence-corrected chi connectivity index (χ3v) is 6.57. The lowest BCUT2D eigenvalue weighted by Gasteiger charge is -2.29. The highest BCUT2D eigenvalue weighted by Crippen LogP contribution is 2.38. The van der Waals surface area contributed by atoms with Crippen LogP contribution in [-0.4, -0.2) is 6.36 Å². The zero-order chi connectivity index (χ0) is 21.8. The second-order valence-corrected chi connectivity index (χ2v) is 8.75. The molecule has 1 fully saturated rings. The molecule has 0 aromatic heterocycles. The van der Waals surface area contributed by atoms with E-state index >= 15 is 0 Å². The first-order valence-electron chi connectivity index (χ1n) is 11.3. The standard InChI is InChI=1S/C27H29F3O/c1-2-3-4-19-5-7-20(8-6-19)21-9-11-22(12-10-21)23-13-14-25-18-26(31-27(28,29)30)16-15-24(25)17-23/h9-20H,2-8H2,1H3/t19-,20-. The van der Waals surface area contributed by atoms with E-state index in [1.54, 1.807) is 6.07 Å². The van der Waals surface area contributed by atoms with Crippen LogP contribution in [0, 0.1) is 5.92 Å². The SMILES string of the molecule is CCCC[C@H]1CC[C@H](c2ccc(-c3ccc4cc(OC(F)(F)F)ccc4c3)cc2)CC1. The van der Waals surface area contributed by atoms with Gasteiger partial charge in [-0.05, 0) is 83.2 Å². The highest BCUT2D eigenvalue weighted by atomic mass is 19.4. The fourth-order valence-electron chi connectivity index (χ4n) is 4.83. The minimum Gasteiger partial charge on any atom is -0.406 e. The molecule has 3 aromatic carbocycles. The molecule has 0 atom stereocenters. The third-order valence-electron chi connectivity index (χ3n) is 6.57. The molecule has 1 aliphatic carbocycles. The predicted molar refractivity (Wildman–Crippen MR) is 120 cm³/mol. The maximum absolute atomic E-state index is 12.4. The molecule has 0 spiro atoms. The average Bonchev–Trinajstić information content (AvgIpc) is 2.77. The predicted octanol–water partition coefficient (Wildman–Crippen LogP) is 8.87. The highest BCUT2D eigenvalue weighted by Gasteiger charge is 2.31. The van der Waals surface area contributed by atoms with Crippen LogP contribution in [0.1, 0.15) is 63.4 Å². The highest BCUT2D eigenvalue weighted by molar-refractivity contribution is 5.88. The lowest BCUT2D eigenvalue weighted by Crippen LogP contribution is -2.16. The molecule has 0 bridgehead atoms. The largest absolute Gasteiger partial charge is 0.573 e. The molecule has 0 heterocycles. The van der Waals surface area contributed by atoms with Gasteiger partial charge >= 0.3 is 6.36 Å². The normalized spacial score (nSPS) is 19.5. The molecule has 1 aliphatic rings. The van der Waals surface area contributed by atoms with E-state index in [4.69, 9.17) is 0 Å². The van der Waals surface area contributed by atoms with Crippen LogP contribution in [-0.2, 0) is 0 Å². The van der Waals surface area contributed by atoms with Gasteiger partial charge in [-0.2, -0.15) is 0 Å². The summed E-state index contributed by atoms with van der Waals surface area (Å²) in [6, 6.07) is 19.1. The van der Waals surface area contributed by atoms with Gasteiger partial charge in [0.1, 0.15) is 5.75 Å². The van der Waals surface area contributed by atoms with E-state index in [-0.39, 0.29) is 5.75 Å². The van der Waals surface area contributed by atoms with Gasteiger partial charge in [-0.25, -0.2) is 0 Å². The molecule has 0 unspecified atom stereocenters. The lowest BCUT2D eigenvalue weighted by atomic mass is 9.77. The van der Waals surface area contributed by atoms with Gasteiger partial charge in [-0.15, -0.1) is 13.2 Å². The van der Waals surface area contributed by atoms with E-state index in [2.05, 4.69) is 35.9 Å². The van der Waals surface area contributed by atoms with Gasteiger partial charge in [0, 0.05) is 0 Å². The molecule has 164 valence electrons. The Morgan fingerprint density at radius 1 is 0.806 bits per heavy atom. The Balaban J connectivity index is 1.44. The Labute approximate surface area is 182 Å². The maximum Gasteiger partial charge on any atom is 0.573 e. The fraction of sp³-hybridized carbons (Fsp3) is 0.407. The smallest absolute Gasteiger partial charge is 0.406 e. The van der Waals surface area contributed by atoms with Crippen LogP contribution in [0.2, 0.25) is 0 Å². The number of ether oxygens (including phenoxy) is 1. The molecule has 4 heteroatoms. The van der Waals surface area contributed by atoms with Crippen molar-refractivity contribution in [2.75, 3.05) is 0 Å². The Morgan fingerprint density at radius 3 is 2.13 bits per heavy atom. The molecule has 4 rings (SSSR count). The second-order valence-electron chi connectivity index (χ2n) is 8.75. The molecule has 0 radical (unpaired) electrons. The molecule has 0 aliphatic heterocycles. The van der Waals surface area contributed by atoms with Crippen molar-refractivity contribution in [3.63, 3.8) is 0 Å². The molecular formula is C27H29F3O. The van der Waals surface area contributed by atoms with Crippen molar-refractivity contribution in [1.29, 1.82) is 0 Å². The number of benzene rings is 3. The minimum absolute atomic E-state index is 0.193. The van der Waals surface area contributed by atoms with E-state index in [1.807, 2.05) is 18.2 Å². The number of rotatable bonds is 6. The second kappa shape index (κ2) is 9.33. The van der Waals surface area contributed by atoms with E-state index in [1.165, 1.54) is 62.6 Å². The van der Waals surface area contributed by atoms with Crippen LogP contribution in [0.3, 0.4) is 0 Å². The zero-order valence-electron chi connectivity index (χ0n) is 17.9. The van der Waals surface area contributed by atoms with E-state index in [0.29, 0.717) is 5.92 Å². The topological polar surface area (TPSA) is 9.23 Å². The first kappa shape index (κ1) is 21.7. The van der Waals surface area contributed by atoms with Crippen molar-refractivity contribution in [2.45, 2.75) is 64.1 Å². The number of alkyl halides is 3.